The molecule has 3 heteroatoms. The molecule has 1 aliphatic rings. The summed E-state index contributed by atoms with van der Waals surface area (Å²) in [5.41, 5.74) is 7.80. The molecule has 0 atom stereocenters. The summed E-state index contributed by atoms with van der Waals surface area (Å²) in [7, 11) is 6.35. The number of fused-ring (bicyclic) bond motifs is 9. The highest BCUT2D eigenvalue weighted by Crippen LogP contribution is 2.29. The molecule has 0 fully saturated rings. The van der Waals surface area contributed by atoms with Crippen LogP contribution in [-0.2, 0) is 21.1 Å². The fourth-order valence-corrected chi connectivity index (χ4v) is 7.17. The van der Waals surface area contributed by atoms with Crippen LogP contribution in [0, 0.1) is 0 Å². The molecule has 3 aromatic heterocycles. The largest absolute Gasteiger partial charge is 0.344 e. The second-order valence-corrected chi connectivity index (χ2v) is 12.9. The van der Waals surface area contributed by atoms with Crippen molar-refractivity contribution in [3.63, 3.8) is 0 Å². The first-order valence-electron chi connectivity index (χ1n) is 17.8. The van der Waals surface area contributed by atoms with Gasteiger partial charge in [0.05, 0.1) is 0 Å². The molecule has 9 aromatic rings. The van der Waals surface area contributed by atoms with Crippen LogP contribution >= 0.6 is 0 Å². The molecule has 0 saturated carbocycles. The van der Waals surface area contributed by atoms with E-state index in [9.17, 15) is 0 Å². The van der Waals surface area contributed by atoms with E-state index in [1.807, 2.05) is 0 Å². The quantitative estimate of drug-likeness (QED) is 0.143. The molecule has 0 saturated heterocycles. The lowest BCUT2D eigenvalue weighted by Crippen LogP contribution is -1.84. The normalized spacial score (nSPS) is 14.4. The highest BCUT2D eigenvalue weighted by molar-refractivity contribution is 6.09. The van der Waals surface area contributed by atoms with Crippen LogP contribution in [0.15, 0.2) is 182 Å². The Morgan fingerprint density at radius 2 is 0.412 bits per heavy atom. The van der Waals surface area contributed by atoms with Gasteiger partial charge in [0.2, 0.25) is 0 Å². The van der Waals surface area contributed by atoms with Crippen molar-refractivity contribution in [1.82, 2.24) is 13.7 Å². The first-order chi connectivity index (χ1) is 25.1. The van der Waals surface area contributed by atoms with Crippen molar-refractivity contribution in [2.24, 2.45) is 21.1 Å². The highest BCUT2D eigenvalue weighted by Gasteiger charge is 2.07. The maximum Gasteiger partial charge on any atom is 0.0488 e. The minimum absolute atomic E-state index is 1.10. The third-order valence-corrected chi connectivity index (χ3v) is 9.78. The minimum Gasteiger partial charge on any atom is -0.344 e. The lowest BCUT2D eigenvalue weighted by atomic mass is 10.2. The van der Waals surface area contributed by atoms with Gasteiger partial charge in [-0.3, -0.25) is 0 Å². The Kier molecular flexibility index (Phi) is 10.3. The summed E-state index contributed by atoms with van der Waals surface area (Å²) in [5, 5.41) is 8.03. The van der Waals surface area contributed by atoms with E-state index in [4.69, 9.17) is 0 Å². The number of hydrogen-bond acceptors (Lipinski definition) is 0. The molecule has 3 heterocycles. The molecule has 6 aromatic carbocycles. The Hall–Kier alpha value is -6.06. The van der Waals surface area contributed by atoms with Crippen molar-refractivity contribution in [1.29, 1.82) is 0 Å². The van der Waals surface area contributed by atoms with Gasteiger partial charge in [-0.05, 0) is 55.7 Å². The average molecular weight is 664 g/mol. The van der Waals surface area contributed by atoms with Gasteiger partial charge in [0, 0.05) is 86.6 Å². The summed E-state index contributed by atoms with van der Waals surface area (Å²) in [6.07, 6.45) is 16.5. The lowest BCUT2D eigenvalue weighted by molar-refractivity contribution is 1.01. The van der Waals surface area contributed by atoms with Gasteiger partial charge >= 0.3 is 0 Å². The number of benzene rings is 6. The number of rotatable bonds is 0. The summed E-state index contributed by atoms with van der Waals surface area (Å²) >= 11 is 0. The lowest BCUT2D eigenvalue weighted by Gasteiger charge is -1.95. The summed E-state index contributed by atoms with van der Waals surface area (Å²) in [6.45, 7) is 0. The summed E-state index contributed by atoms with van der Waals surface area (Å²) in [5.74, 6) is 0. The number of hydrogen-bond donors (Lipinski definition) is 0. The van der Waals surface area contributed by atoms with Crippen LogP contribution in [-0.4, -0.2) is 13.7 Å². The topological polar surface area (TPSA) is 14.8 Å². The Labute approximate surface area is 300 Å². The zero-order valence-electron chi connectivity index (χ0n) is 29.8. The van der Waals surface area contributed by atoms with E-state index >= 15 is 0 Å². The van der Waals surface area contributed by atoms with Crippen LogP contribution in [0.4, 0.5) is 0 Å². The zero-order valence-corrected chi connectivity index (χ0v) is 29.8. The van der Waals surface area contributed by atoms with E-state index in [2.05, 4.69) is 217 Å². The van der Waals surface area contributed by atoms with E-state index < -0.39 is 0 Å². The van der Waals surface area contributed by atoms with Crippen molar-refractivity contribution in [3.05, 3.63) is 182 Å². The second kappa shape index (κ2) is 15.7. The van der Waals surface area contributed by atoms with Crippen molar-refractivity contribution in [2.75, 3.05) is 0 Å². The number of allylic oxidation sites excluding steroid dienone is 6. The molecule has 252 valence electrons. The first kappa shape index (κ1) is 33.4. The molecule has 0 unspecified atom stereocenters. The predicted molar refractivity (Wildman–Crippen MR) is 223 cm³/mol. The molecule has 1 aliphatic carbocycles. The van der Waals surface area contributed by atoms with Crippen molar-refractivity contribution < 1.29 is 0 Å². The Morgan fingerprint density at radius 1 is 0.255 bits per heavy atom. The molecule has 0 N–H and O–H groups in total. The third-order valence-electron chi connectivity index (χ3n) is 9.78. The number of nitrogens with zero attached hydrogens (tertiary/aromatic N) is 3. The summed E-state index contributed by atoms with van der Waals surface area (Å²) < 4.78 is 6.72. The Morgan fingerprint density at radius 3 is 0.588 bits per heavy atom. The predicted octanol–water partition coefficient (Wildman–Crippen LogP) is 12.8. The average Bonchev–Trinajstić information content (AvgIpc) is 3.82. The molecule has 0 bridgehead atoms. The molecule has 0 aliphatic heterocycles. The standard InChI is InChI=1S/3C13H11N.C9H12/c3*1-14-12-8-4-2-6-10(12)11-7-3-5-9-13(11)14;1-2-4-6-8-9-7-5-3-1/h3*2-9H,1H3;1-2,5-8H,3-4,9H2/b;;;2-1-,7-5-,8-6-. The van der Waals surface area contributed by atoms with E-state index in [1.165, 1.54) is 65.4 Å². The maximum atomic E-state index is 2.24. The van der Waals surface area contributed by atoms with E-state index in [0.717, 1.165) is 19.3 Å². The van der Waals surface area contributed by atoms with Crippen LogP contribution < -0.4 is 0 Å². The number of aromatic nitrogens is 3. The molecule has 51 heavy (non-hydrogen) atoms. The van der Waals surface area contributed by atoms with Crippen LogP contribution in [0.5, 0.6) is 0 Å². The summed E-state index contributed by atoms with van der Waals surface area (Å²) in [6, 6.07) is 51.1. The maximum absolute atomic E-state index is 2.24. The SMILES string of the molecule is C1=C\C/C=C\C/C=C\C/1.Cn1c2ccccc2c2ccccc21.Cn1c2ccccc2c2ccccc21.Cn1c2ccccc2c2ccccc21. The van der Waals surface area contributed by atoms with Crippen molar-refractivity contribution in [2.45, 2.75) is 19.3 Å². The van der Waals surface area contributed by atoms with E-state index in [0.29, 0.717) is 0 Å². The first-order valence-corrected chi connectivity index (χ1v) is 17.8. The van der Waals surface area contributed by atoms with Crippen LogP contribution in [0.1, 0.15) is 19.3 Å². The highest BCUT2D eigenvalue weighted by atomic mass is 14.9. The number of aryl methyl sites for hydroxylation is 3. The molecule has 0 amide bonds. The molecule has 0 radical (unpaired) electrons. The molecule has 10 rings (SSSR count). The fraction of sp³-hybridized carbons (Fsp3) is 0.125. The monoisotopic (exact) mass is 663 g/mol. The smallest absolute Gasteiger partial charge is 0.0488 e. The van der Waals surface area contributed by atoms with Crippen LogP contribution in [0.25, 0.3) is 65.4 Å². The van der Waals surface area contributed by atoms with Gasteiger partial charge < -0.3 is 13.7 Å². The minimum atomic E-state index is 1.10. The van der Waals surface area contributed by atoms with Gasteiger partial charge in [-0.1, -0.05) is 146 Å². The van der Waals surface area contributed by atoms with Gasteiger partial charge in [-0.25, -0.2) is 0 Å². The third kappa shape index (κ3) is 7.02. The van der Waals surface area contributed by atoms with Gasteiger partial charge in [-0.15, -0.1) is 0 Å². The second-order valence-electron chi connectivity index (χ2n) is 12.9. The van der Waals surface area contributed by atoms with E-state index in [1.54, 1.807) is 0 Å². The zero-order chi connectivity index (χ0) is 35.0. The van der Waals surface area contributed by atoms with Gasteiger partial charge in [0.1, 0.15) is 0 Å². The molecular weight excluding hydrogens is 619 g/mol. The van der Waals surface area contributed by atoms with Crippen LogP contribution in [0.2, 0.25) is 0 Å². The van der Waals surface area contributed by atoms with Gasteiger partial charge in [0.15, 0.2) is 0 Å². The number of para-hydroxylation sites is 6. The van der Waals surface area contributed by atoms with Gasteiger partial charge in [0.25, 0.3) is 0 Å². The Bertz CT molecular complexity index is 2190. The van der Waals surface area contributed by atoms with Gasteiger partial charge in [-0.2, -0.15) is 0 Å². The van der Waals surface area contributed by atoms with Crippen molar-refractivity contribution >= 4 is 65.4 Å². The van der Waals surface area contributed by atoms with Crippen LogP contribution in [0.3, 0.4) is 0 Å². The Balaban J connectivity index is 0.000000108. The fourth-order valence-electron chi connectivity index (χ4n) is 7.17. The molecule has 0 spiro atoms. The van der Waals surface area contributed by atoms with E-state index in [-0.39, 0.29) is 0 Å². The van der Waals surface area contributed by atoms with Crippen molar-refractivity contribution in [3.8, 4) is 0 Å². The molecular formula is C48H45N3. The molecule has 3 nitrogen and oxygen atoms in total. The summed E-state index contributed by atoms with van der Waals surface area (Å²) in [4.78, 5) is 0.